The lowest BCUT2D eigenvalue weighted by molar-refractivity contribution is -0.137. The lowest BCUT2D eigenvalue weighted by Gasteiger charge is -2.43. The van der Waals surface area contributed by atoms with Gasteiger partial charge >= 0.3 is 0 Å². The third-order valence-corrected chi connectivity index (χ3v) is 7.09. The number of nitrogens with zero attached hydrogens (tertiary/aromatic N) is 1. The lowest BCUT2D eigenvalue weighted by atomic mass is 9.73. The standard InChI is InChI=1S/C29H41FN2O4/c1-22(20-31-2)19-28(33)32-17-10-11-23(21-32)29(34,16-8-9-18-35-3)24-12-4-6-14-26(24)36-27-15-7-5-13-25(27)30/h4-7,12-15,22-23,31,34H,8-11,16-21H2,1-3H3/t22-,23-,29+/m1/s1. The molecule has 3 rings (SSSR count). The fraction of sp³-hybridized carbons (Fsp3) is 0.552. The molecule has 1 heterocycles. The second-order valence-electron chi connectivity index (χ2n) is 9.95. The molecule has 0 aromatic heterocycles. The van der Waals surface area contributed by atoms with Crippen molar-refractivity contribution >= 4 is 5.91 Å². The van der Waals surface area contributed by atoms with Gasteiger partial charge in [0.25, 0.3) is 0 Å². The minimum Gasteiger partial charge on any atom is -0.454 e. The first-order valence-corrected chi connectivity index (χ1v) is 13.0. The Morgan fingerprint density at radius 1 is 1.19 bits per heavy atom. The molecular formula is C29H41FN2O4. The van der Waals surface area contributed by atoms with Crippen molar-refractivity contribution in [2.45, 2.75) is 51.0 Å². The fourth-order valence-corrected chi connectivity index (χ4v) is 5.20. The molecule has 0 bridgehead atoms. The Bertz CT molecular complexity index is 972. The van der Waals surface area contributed by atoms with Crippen molar-refractivity contribution < 1.29 is 23.8 Å². The van der Waals surface area contributed by atoms with E-state index in [9.17, 15) is 14.3 Å². The van der Waals surface area contributed by atoms with Gasteiger partial charge in [-0.1, -0.05) is 37.3 Å². The number of amides is 1. The second-order valence-corrected chi connectivity index (χ2v) is 9.95. The van der Waals surface area contributed by atoms with Crippen molar-refractivity contribution in [3.8, 4) is 11.5 Å². The molecule has 1 saturated heterocycles. The van der Waals surface area contributed by atoms with E-state index in [1.807, 2.05) is 30.1 Å². The summed E-state index contributed by atoms with van der Waals surface area (Å²) in [7, 11) is 3.56. The normalized spacial score (nSPS) is 18.5. The first-order valence-electron chi connectivity index (χ1n) is 13.0. The van der Waals surface area contributed by atoms with Gasteiger partial charge in [-0.15, -0.1) is 0 Å². The van der Waals surface area contributed by atoms with Crippen LogP contribution in [0.15, 0.2) is 48.5 Å². The Labute approximate surface area is 214 Å². The van der Waals surface area contributed by atoms with Crippen molar-refractivity contribution in [2.24, 2.45) is 11.8 Å². The molecule has 1 fully saturated rings. The molecule has 1 aliphatic rings. The van der Waals surface area contributed by atoms with Gasteiger partial charge in [0.2, 0.25) is 5.91 Å². The average molecular weight is 501 g/mol. The van der Waals surface area contributed by atoms with Gasteiger partial charge in [0.05, 0.1) is 5.60 Å². The van der Waals surface area contributed by atoms with Crippen LogP contribution in [0.5, 0.6) is 11.5 Å². The van der Waals surface area contributed by atoms with Gasteiger partial charge < -0.3 is 24.8 Å². The summed E-state index contributed by atoms with van der Waals surface area (Å²) in [6, 6.07) is 13.6. The molecule has 0 saturated carbocycles. The molecule has 1 aliphatic heterocycles. The van der Waals surface area contributed by atoms with E-state index in [0.29, 0.717) is 43.9 Å². The van der Waals surface area contributed by atoms with E-state index in [0.717, 1.165) is 32.2 Å². The van der Waals surface area contributed by atoms with E-state index in [1.165, 1.54) is 6.07 Å². The number of nitrogens with one attached hydrogen (secondary N) is 1. The van der Waals surface area contributed by atoms with Crippen LogP contribution in [0.1, 0.15) is 51.0 Å². The van der Waals surface area contributed by atoms with Crippen molar-refractivity contribution in [2.75, 3.05) is 40.4 Å². The molecule has 0 radical (unpaired) electrons. The number of methoxy groups -OCH3 is 1. The molecule has 1 amide bonds. The average Bonchev–Trinajstić information content (AvgIpc) is 2.88. The monoisotopic (exact) mass is 500 g/mol. The number of hydrogen-bond donors (Lipinski definition) is 2. The van der Waals surface area contributed by atoms with E-state index in [1.54, 1.807) is 31.4 Å². The molecule has 36 heavy (non-hydrogen) atoms. The number of hydrogen-bond acceptors (Lipinski definition) is 5. The predicted molar refractivity (Wildman–Crippen MR) is 140 cm³/mol. The van der Waals surface area contributed by atoms with Gasteiger partial charge in [0.15, 0.2) is 11.6 Å². The van der Waals surface area contributed by atoms with Crippen LogP contribution in [0.2, 0.25) is 0 Å². The SMILES string of the molecule is CNC[C@H](C)CC(=O)N1CCC[C@@H]([C@@](O)(CCCCOC)c2ccccc2Oc2ccccc2F)C1. The number of piperidine rings is 1. The summed E-state index contributed by atoms with van der Waals surface area (Å²) in [6.45, 7) is 4.65. The van der Waals surface area contributed by atoms with E-state index in [-0.39, 0.29) is 23.5 Å². The van der Waals surface area contributed by atoms with Crippen molar-refractivity contribution in [3.05, 3.63) is 59.9 Å². The summed E-state index contributed by atoms with van der Waals surface area (Å²) < 4.78 is 25.6. The van der Waals surface area contributed by atoms with Crippen molar-refractivity contribution in [1.82, 2.24) is 10.2 Å². The molecule has 198 valence electrons. The number of halogens is 1. The lowest BCUT2D eigenvalue weighted by Crippen LogP contribution is -2.48. The second kappa shape index (κ2) is 13.7. The third-order valence-electron chi connectivity index (χ3n) is 7.09. The Hall–Kier alpha value is -2.48. The topological polar surface area (TPSA) is 71.0 Å². The number of para-hydroxylation sites is 2. The molecule has 0 unspecified atom stereocenters. The number of carbonyl (C=O) groups excluding carboxylic acids is 1. The zero-order valence-corrected chi connectivity index (χ0v) is 21.8. The van der Waals surface area contributed by atoms with Crippen LogP contribution in [0.3, 0.4) is 0 Å². The Morgan fingerprint density at radius 2 is 1.92 bits per heavy atom. The number of likely N-dealkylation sites (tertiary alicyclic amines) is 1. The highest BCUT2D eigenvalue weighted by Gasteiger charge is 2.43. The van der Waals surface area contributed by atoms with Gasteiger partial charge in [0.1, 0.15) is 5.75 Å². The molecule has 0 aliphatic carbocycles. The zero-order chi connectivity index (χ0) is 26.0. The highest BCUT2D eigenvalue weighted by molar-refractivity contribution is 5.76. The molecule has 6 nitrogen and oxygen atoms in total. The summed E-state index contributed by atoms with van der Waals surface area (Å²) in [5.41, 5.74) is -0.598. The van der Waals surface area contributed by atoms with Gasteiger partial charge in [-0.3, -0.25) is 4.79 Å². The minimum absolute atomic E-state index is 0.116. The number of unbranched alkanes of at least 4 members (excludes halogenated alkanes) is 1. The molecule has 2 aromatic rings. The zero-order valence-electron chi connectivity index (χ0n) is 21.8. The maximum Gasteiger partial charge on any atom is 0.222 e. The maximum atomic E-state index is 14.4. The quantitative estimate of drug-likeness (QED) is 0.374. The van der Waals surface area contributed by atoms with Crippen LogP contribution in [0, 0.1) is 17.7 Å². The summed E-state index contributed by atoms with van der Waals surface area (Å²) in [6.07, 6.45) is 4.16. The van der Waals surface area contributed by atoms with Gasteiger partial charge in [0, 0.05) is 44.7 Å². The largest absolute Gasteiger partial charge is 0.454 e. The number of carbonyl (C=O) groups is 1. The summed E-state index contributed by atoms with van der Waals surface area (Å²) >= 11 is 0. The Balaban J connectivity index is 1.89. The fourth-order valence-electron chi connectivity index (χ4n) is 5.20. The van der Waals surface area contributed by atoms with Crippen molar-refractivity contribution in [1.29, 1.82) is 0 Å². The summed E-state index contributed by atoms with van der Waals surface area (Å²) in [4.78, 5) is 15.0. The summed E-state index contributed by atoms with van der Waals surface area (Å²) in [5.74, 6) is 0.295. The molecule has 2 aromatic carbocycles. The molecule has 2 N–H and O–H groups in total. The van der Waals surface area contributed by atoms with E-state index >= 15 is 0 Å². The summed E-state index contributed by atoms with van der Waals surface area (Å²) in [5, 5.41) is 15.5. The number of aliphatic hydroxyl groups is 1. The van der Waals surface area contributed by atoms with Crippen LogP contribution in [0.25, 0.3) is 0 Å². The van der Waals surface area contributed by atoms with Gasteiger partial charge in [-0.2, -0.15) is 0 Å². The van der Waals surface area contributed by atoms with Crippen LogP contribution in [0.4, 0.5) is 4.39 Å². The molecule has 3 atom stereocenters. The van der Waals surface area contributed by atoms with Crippen molar-refractivity contribution in [3.63, 3.8) is 0 Å². The number of benzene rings is 2. The van der Waals surface area contributed by atoms with Crippen LogP contribution >= 0.6 is 0 Å². The molecule has 0 spiro atoms. The Kier molecular flexibility index (Phi) is 10.7. The van der Waals surface area contributed by atoms with Gasteiger partial charge in [-0.25, -0.2) is 4.39 Å². The van der Waals surface area contributed by atoms with E-state index in [2.05, 4.69) is 12.2 Å². The number of rotatable bonds is 13. The van der Waals surface area contributed by atoms with Crippen LogP contribution in [-0.2, 0) is 15.1 Å². The maximum absolute atomic E-state index is 14.4. The van der Waals surface area contributed by atoms with Crippen LogP contribution in [-0.4, -0.2) is 56.3 Å². The molecular weight excluding hydrogens is 459 g/mol. The first kappa shape index (κ1) is 28.1. The van der Waals surface area contributed by atoms with Crippen LogP contribution < -0.4 is 10.1 Å². The Morgan fingerprint density at radius 3 is 2.64 bits per heavy atom. The van der Waals surface area contributed by atoms with Gasteiger partial charge in [-0.05, 0) is 69.8 Å². The number of ether oxygens (including phenoxy) is 2. The molecule has 7 heteroatoms. The highest BCUT2D eigenvalue weighted by atomic mass is 19.1. The van der Waals surface area contributed by atoms with E-state index < -0.39 is 11.4 Å². The first-order chi connectivity index (χ1) is 17.4. The minimum atomic E-state index is -1.23. The van der Waals surface area contributed by atoms with E-state index in [4.69, 9.17) is 9.47 Å². The predicted octanol–water partition coefficient (Wildman–Crippen LogP) is 5.11. The smallest absolute Gasteiger partial charge is 0.222 e. The third kappa shape index (κ3) is 7.28. The highest BCUT2D eigenvalue weighted by Crippen LogP contribution is 2.44.